The van der Waals surface area contributed by atoms with Crippen molar-refractivity contribution in [3.8, 4) is 0 Å². The highest BCUT2D eigenvalue weighted by molar-refractivity contribution is 5.09. The normalized spacial score (nSPS) is 35.2. The lowest BCUT2D eigenvalue weighted by Crippen LogP contribution is -2.80. The Morgan fingerprint density at radius 2 is 1.04 bits per heavy atom. The predicted octanol–water partition coefficient (Wildman–Crippen LogP) is 4.50. The van der Waals surface area contributed by atoms with Crippen LogP contribution in [0, 0.1) is 0 Å². The lowest BCUT2D eigenvalue weighted by molar-refractivity contribution is -0.601. The first-order chi connectivity index (χ1) is 9.66. The average molecular weight is 374 g/mol. The molecule has 2 nitrogen and oxygen atoms in total. The SMILES string of the molecule is CC(F)(F)C1(F)OC(C(F)(F)F)(C(F)(F)F)OC(C)(F)C1(F)F. The number of hydrogen-bond acceptors (Lipinski definition) is 2. The van der Waals surface area contributed by atoms with E-state index in [2.05, 4.69) is 9.47 Å². The minimum atomic E-state index is -6.92. The van der Waals surface area contributed by atoms with Gasteiger partial charge in [-0.2, -0.15) is 39.5 Å². The Hall–Kier alpha value is -0.920. The van der Waals surface area contributed by atoms with Crippen LogP contribution in [-0.2, 0) is 9.47 Å². The van der Waals surface area contributed by atoms with Crippen molar-refractivity contribution < 1.29 is 62.2 Å². The first-order valence-electron chi connectivity index (χ1n) is 5.33. The van der Waals surface area contributed by atoms with Crippen molar-refractivity contribution >= 4 is 0 Å². The molecule has 1 fully saturated rings. The maximum atomic E-state index is 13.9. The van der Waals surface area contributed by atoms with E-state index in [0.717, 1.165) is 0 Å². The van der Waals surface area contributed by atoms with E-state index in [9.17, 15) is 52.7 Å². The Labute approximate surface area is 119 Å². The summed E-state index contributed by atoms with van der Waals surface area (Å²) in [7, 11) is 0. The van der Waals surface area contributed by atoms with Crippen LogP contribution in [0.3, 0.4) is 0 Å². The fraction of sp³-hybridized carbons (Fsp3) is 1.00. The van der Waals surface area contributed by atoms with E-state index in [1.165, 1.54) is 0 Å². The second-order valence-corrected chi connectivity index (χ2v) is 4.79. The second kappa shape index (κ2) is 4.58. The summed E-state index contributed by atoms with van der Waals surface area (Å²) in [6, 6.07) is 0. The van der Waals surface area contributed by atoms with Gasteiger partial charge in [-0.3, -0.25) is 9.47 Å². The smallest absolute Gasteiger partial charge is 0.293 e. The Kier molecular flexibility index (Phi) is 4.01. The number of alkyl halides is 12. The number of hydrogen-bond donors (Lipinski definition) is 0. The Morgan fingerprint density at radius 1 is 0.696 bits per heavy atom. The van der Waals surface area contributed by atoms with Crippen LogP contribution in [-0.4, -0.2) is 41.7 Å². The molecule has 1 saturated heterocycles. The molecule has 0 radical (unpaired) electrons. The lowest BCUT2D eigenvalue weighted by atomic mass is 9.94. The van der Waals surface area contributed by atoms with Crippen LogP contribution in [0.5, 0.6) is 0 Å². The predicted molar refractivity (Wildman–Crippen MR) is 45.9 cm³/mol. The molecule has 138 valence electrons. The van der Waals surface area contributed by atoms with Crippen LogP contribution in [0.25, 0.3) is 0 Å². The minimum Gasteiger partial charge on any atom is -0.293 e. The van der Waals surface area contributed by atoms with Crippen molar-refractivity contribution in [1.82, 2.24) is 0 Å². The molecular formula is C9H6F12O2. The maximum Gasteiger partial charge on any atom is 0.453 e. The molecule has 0 aromatic carbocycles. The highest BCUT2D eigenvalue weighted by atomic mass is 19.4. The molecule has 2 unspecified atom stereocenters. The van der Waals surface area contributed by atoms with Gasteiger partial charge in [0.15, 0.2) is 0 Å². The molecule has 0 aromatic heterocycles. The Morgan fingerprint density at radius 3 is 1.30 bits per heavy atom. The summed E-state index contributed by atoms with van der Waals surface area (Å²) in [6.45, 7) is -1.57. The van der Waals surface area contributed by atoms with Gasteiger partial charge < -0.3 is 0 Å². The first kappa shape index (κ1) is 20.1. The van der Waals surface area contributed by atoms with Crippen LogP contribution in [0.4, 0.5) is 52.7 Å². The molecule has 1 aliphatic heterocycles. The van der Waals surface area contributed by atoms with Gasteiger partial charge in [-0.05, 0) is 0 Å². The van der Waals surface area contributed by atoms with Crippen molar-refractivity contribution in [2.24, 2.45) is 0 Å². The Balaban J connectivity index is 3.77. The van der Waals surface area contributed by atoms with E-state index in [1.54, 1.807) is 0 Å². The fourth-order valence-corrected chi connectivity index (χ4v) is 1.66. The molecular weight excluding hydrogens is 368 g/mol. The summed E-state index contributed by atoms with van der Waals surface area (Å²) in [5, 5.41) is 0. The van der Waals surface area contributed by atoms with Gasteiger partial charge in [-0.15, -0.1) is 0 Å². The Bertz CT molecular complexity index is 458. The third-order valence-corrected chi connectivity index (χ3v) is 2.90. The highest BCUT2D eigenvalue weighted by Gasteiger charge is 2.91. The van der Waals surface area contributed by atoms with Crippen LogP contribution < -0.4 is 0 Å². The van der Waals surface area contributed by atoms with E-state index >= 15 is 0 Å². The van der Waals surface area contributed by atoms with Crippen molar-refractivity contribution in [3.05, 3.63) is 0 Å². The summed E-state index contributed by atoms with van der Waals surface area (Å²) in [4.78, 5) is 0. The van der Waals surface area contributed by atoms with Gasteiger partial charge in [-0.1, -0.05) is 0 Å². The largest absolute Gasteiger partial charge is 0.453 e. The van der Waals surface area contributed by atoms with Gasteiger partial charge in [0.2, 0.25) is 0 Å². The summed E-state index contributed by atoms with van der Waals surface area (Å²) in [5.41, 5.74) is 0. The zero-order valence-corrected chi connectivity index (χ0v) is 10.9. The van der Waals surface area contributed by atoms with Crippen LogP contribution in [0.2, 0.25) is 0 Å². The maximum absolute atomic E-state index is 13.9. The molecule has 14 heteroatoms. The topological polar surface area (TPSA) is 18.5 Å². The minimum absolute atomic E-state index is 0.762. The fourth-order valence-electron chi connectivity index (χ4n) is 1.66. The number of halogens is 12. The summed E-state index contributed by atoms with van der Waals surface area (Å²) >= 11 is 0. The van der Waals surface area contributed by atoms with E-state index in [-0.39, 0.29) is 0 Å². The lowest BCUT2D eigenvalue weighted by Gasteiger charge is -2.53. The van der Waals surface area contributed by atoms with Gasteiger partial charge in [0, 0.05) is 13.8 Å². The van der Waals surface area contributed by atoms with Gasteiger partial charge >= 0.3 is 35.8 Å². The molecule has 1 rings (SSSR count). The van der Waals surface area contributed by atoms with E-state index in [1.807, 2.05) is 0 Å². The molecule has 0 saturated carbocycles. The van der Waals surface area contributed by atoms with Gasteiger partial charge in [0.05, 0.1) is 0 Å². The van der Waals surface area contributed by atoms with Crippen molar-refractivity contribution in [3.63, 3.8) is 0 Å². The first-order valence-corrected chi connectivity index (χ1v) is 5.33. The monoisotopic (exact) mass is 374 g/mol. The van der Waals surface area contributed by atoms with Crippen molar-refractivity contribution in [2.45, 2.75) is 55.5 Å². The third kappa shape index (κ3) is 2.44. The molecule has 0 bridgehead atoms. The van der Waals surface area contributed by atoms with Crippen LogP contribution in [0.15, 0.2) is 0 Å². The highest BCUT2D eigenvalue weighted by Crippen LogP contribution is 2.63. The standard InChI is InChI=1S/C9H6F12O2/c1-3(10,11)6(15)5(13,14)4(2,12)22-7(23-6,8(16,17)18)9(19,20)21/h1-2H3. The van der Waals surface area contributed by atoms with Gasteiger partial charge in [0.25, 0.3) is 5.85 Å². The summed E-state index contributed by atoms with van der Waals surface area (Å²) < 4.78 is 161. The zero-order valence-electron chi connectivity index (χ0n) is 10.9. The molecule has 23 heavy (non-hydrogen) atoms. The molecule has 2 atom stereocenters. The second-order valence-electron chi connectivity index (χ2n) is 4.79. The number of rotatable bonds is 1. The van der Waals surface area contributed by atoms with Crippen LogP contribution in [0.1, 0.15) is 13.8 Å². The molecule has 0 amide bonds. The quantitative estimate of drug-likeness (QED) is 0.630. The van der Waals surface area contributed by atoms with Gasteiger partial charge in [-0.25, -0.2) is 13.2 Å². The molecule has 0 spiro atoms. The van der Waals surface area contributed by atoms with E-state index < -0.39 is 55.5 Å². The average Bonchev–Trinajstić information content (AvgIpc) is 2.20. The number of ether oxygens (including phenoxy) is 2. The van der Waals surface area contributed by atoms with Crippen molar-refractivity contribution in [2.75, 3.05) is 0 Å². The molecule has 1 aliphatic rings. The molecule has 0 aliphatic carbocycles. The van der Waals surface area contributed by atoms with Crippen LogP contribution >= 0.6 is 0 Å². The van der Waals surface area contributed by atoms with E-state index in [4.69, 9.17) is 0 Å². The van der Waals surface area contributed by atoms with Crippen molar-refractivity contribution in [1.29, 1.82) is 0 Å². The van der Waals surface area contributed by atoms with Gasteiger partial charge in [0.1, 0.15) is 0 Å². The summed E-state index contributed by atoms with van der Waals surface area (Å²) in [5.74, 6) is -30.0. The van der Waals surface area contributed by atoms with E-state index in [0.29, 0.717) is 0 Å². The molecule has 1 heterocycles. The molecule has 0 aromatic rings. The zero-order chi connectivity index (χ0) is 18.9. The third-order valence-electron chi connectivity index (χ3n) is 2.90. The summed E-state index contributed by atoms with van der Waals surface area (Å²) in [6.07, 6.45) is -13.8. The molecule has 0 N–H and O–H groups in total.